The summed E-state index contributed by atoms with van der Waals surface area (Å²) in [6, 6.07) is 18.9. The van der Waals surface area contributed by atoms with E-state index >= 15 is 0 Å². The number of hydrogen-bond donors (Lipinski definition) is 0. The second kappa shape index (κ2) is 7.45. The minimum absolute atomic E-state index is 0.218. The summed E-state index contributed by atoms with van der Waals surface area (Å²) in [6.45, 7) is 1.97. The molecule has 0 radical (unpaired) electrons. The molecule has 0 N–H and O–H groups in total. The second-order valence-corrected chi connectivity index (χ2v) is 4.45. The van der Waals surface area contributed by atoms with Gasteiger partial charge in [-0.15, -0.1) is 5.10 Å². The number of nitrogens with zero attached hydrogens (tertiary/aromatic N) is 2. The van der Waals surface area contributed by atoms with Gasteiger partial charge in [-0.1, -0.05) is 48.0 Å². The van der Waals surface area contributed by atoms with E-state index in [1.807, 2.05) is 60.7 Å². The average Bonchev–Trinajstić information content (AvgIpc) is 2.54. The van der Waals surface area contributed by atoms with Crippen LogP contribution >= 0.6 is 11.6 Å². The maximum absolute atomic E-state index is 11.6. The van der Waals surface area contributed by atoms with Crippen molar-refractivity contribution in [1.82, 2.24) is 0 Å². The molecule has 21 heavy (non-hydrogen) atoms. The van der Waals surface area contributed by atoms with Gasteiger partial charge < -0.3 is 4.74 Å². The van der Waals surface area contributed by atoms with E-state index in [9.17, 15) is 4.79 Å². The summed E-state index contributed by atoms with van der Waals surface area (Å²) < 4.78 is 4.85. The van der Waals surface area contributed by atoms with Crippen molar-refractivity contribution in [2.24, 2.45) is 5.10 Å². The van der Waals surface area contributed by atoms with Gasteiger partial charge >= 0.3 is 5.97 Å². The topological polar surface area (TPSA) is 41.9 Å². The number of esters is 1. The molecule has 0 aliphatic carbocycles. The van der Waals surface area contributed by atoms with Gasteiger partial charge in [0, 0.05) is 0 Å². The molecule has 0 aliphatic rings. The van der Waals surface area contributed by atoms with E-state index in [-0.39, 0.29) is 11.8 Å². The quantitative estimate of drug-likeness (QED) is 0.477. The molecule has 0 atom stereocenters. The fraction of sp³-hybridized carbons (Fsp3) is 0.125. The Hall–Kier alpha value is -2.33. The van der Waals surface area contributed by atoms with Crippen molar-refractivity contribution in [3.63, 3.8) is 0 Å². The molecule has 4 nitrogen and oxygen atoms in total. The van der Waals surface area contributed by atoms with Crippen LogP contribution in [-0.2, 0) is 9.53 Å². The third kappa shape index (κ3) is 4.07. The molecule has 0 unspecified atom stereocenters. The Morgan fingerprint density at radius 3 is 1.95 bits per heavy atom. The van der Waals surface area contributed by atoms with Crippen molar-refractivity contribution in [3.8, 4) is 0 Å². The summed E-state index contributed by atoms with van der Waals surface area (Å²) in [4.78, 5) is 11.6. The molecule has 108 valence electrons. The van der Waals surface area contributed by atoms with Crippen LogP contribution in [0.5, 0.6) is 0 Å². The van der Waals surface area contributed by atoms with Crippen LogP contribution in [0, 0.1) is 0 Å². The lowest BCUT2D eigenvalue weighted by molar-refractivity contribution is -0.134. The van der Waals surface area contributed by atoms with Crippen molar-refractivity contribution in [2.45, 2.75) is 6.92 Å². The van der Waals surface area contributed by atoms with Gasteiger partial charge in [0.2, 0.25) is 5.17 Å². The molecule has 0 spiro atoms. The Kier molecular flexibility index (Phi) is 5.35. The van der Waals surface area contributed by atoms with E-state index in [4.69, 9.17) is 16.3 Å². The first-order chi connectivity index (χ1) is 10.2. The first-order valence-electron chi connectivity index (χ1n) is 6.54. The summed E-state index contributed by atoms with van der Waals surface area (Å²) in [6.07, 6.45) is 0. The van der Waals surface area contributed by atoms with Gasteiger partial charge in [-0.05, 0) is 31.2 Å². The molecule has 2 aromatic carbocycles. The monoisotopic (exact) mass is 302 g/mol. The summed E-state index contributed by atoms with van der Waals surface area (Å²) in [5.74, 6) is -0.643. The number of ether oxygens (including phenoxy) is 1. The van der Waals surface area contributed by atoms with E-state index in [2.05, 4.69) is 5.10 Å². The number of hydrogen-bond acceptors (Lipinski definition) is 4. The summed E-state index contributed by atoms with van der Waals surface area (Å²) >= 11 is 5.94. The second-order valence-electron chi connectivity index (χ2n) is 4.09. The largest absolute Gasteiger partial charge is 0.461 e. The van der Waals surface area contributed by atoms with Gasteiger partial charge in [0.1, 0.15) is 0 Å². The molecular weight excluding hydrogens is 288 g/mol. The van der Waals surface area contributed by atoms with Crippen molar-refractivity contribution < 1.29 is 9.53 Å². The molecule has 2 aromatic rings. The zero-order valence-electron chi connectivity index (χ0n) is 11.6. The van der Waals surface area contributed by atoms with Crippen LogP contribution in [0.4, 0.5) is 11.4 Å². The first-order valence-corrected chi connectivity index (χ1v) is 6.91. The van der Waals surface area contributed by atoms with Gasteiger partial charge in [-0.3, -0.25) is 0 Å². The molecule has 5 heteroatoms. The van der Waals surface area contributed by atoms with Gasteiger partial charge in [0.25, 0.3) is 0 Å². The molecule has 0 saturated heterocycles. The molecule has 0 saturated carbocycles. The summed E-state index contributed by atoms with van der Waals surface area (Å²) in [5.41, 5.74) is 1.59. The van der Waals surface area contributed by atoms with Crippen LogP contribution in [0.3, 0.4) is 0 Å². The highest BCUT2D eigenvalue weighted by atomic mass is 35.5. The Morgan fingerprint density at radius 2 is 1.52 bits per heavy atom. The van der Waals surface area contributed by atoms with Crippen molar-refractivity contribution >= 4 is 34.1 Å². The number of carbonyl (C=O) groups is 1. The summed E-state index contributed by atoms with van der Waals surface area (Å²) in [7, 11) is 0. The van der Waals surface area contributed by atoms with Crippen molar-refractivity contribution in [3.05, 3.63) is 60.7 Å². The van der Waals surface area contributed by atoms with Gasteiger partial charge in [-0.2, -0.15) is 0 Å². The number of benzene rings is 2. The standard InChI is InChI=1S/C16H15ClN2O2/c1-2-21-16(20)15(17)18-19(13-9-5-3-6-10-13)14-11-7-4-8-12-14/h3-12H,2H2,1H3/b18-15-. The molecule has 0 heterocycles. The lowest BCUT2D eigenvalue weighted by Gasteiger charge is -2.19. The molecular formula is C16H15ClN2O2. The molecule has 0 amide bonds. The SMILES string of the molecule is CCOC(=O)/C(Cl)=N/N(c1ccccc1)c1ccccc1. The number of carbonyl (C=O) groups excluding carboxylic acids is 1. The minimum Gasteiger partial charge on any atom is -0.461 e. The minimum atomic E-state index is -0.643. The molecule has 0 bridgehead atoms. The van der Waals surface area contributed by atoms with Gasteiger partial charge in [0.15, 0.2) is 0 Å². The zero-order chi connectivity index (χ0) is 15.1. The lowest BCUT2D eigenvalue weighted by Crippen LogP contribution is -2.18. The van der Waals surface area contributed by atoms with Crippen LogP contribution < -0.4 is 5.01 Å². The predicted molar refractivity (Wildman–Crippen MR) is 84.9 cm³/mol. The smallest absolute Gasteiger partial charge is 0.370 e. The lowest BCUT2D eigenvalue weighted by atomic mass is 10.2. The number of rotatable bonds is 5. The average molecular weight is 303 g/mol. The third-order valence-electron chi connectivity index (χ3n) is 2.63. The fourth-order valence-corrected chi connectivity index (χ4v) is 1.85. The highest BCUT2D eigenvalue weighted by molar-refractivity contribution is 6.82. The predicted octanol–water partition coefficient (Wildman–Crippen LogP) is 3.94. The Bertz CT molecular complexity index is 575. The van der Waals surface area contributed by atoms with E-state index in [0.717, 1.165) is 11.4 Å². The van der Waals surface area contributed by atoms with Crippen molar-refractivity contribution in [1.29, 1.82) is 0 Å². The molecule has 2 rings (SSSR count). The maximum atomic E-state index is 11.6. The highest BCUT2D eigenvalue weighted by Gasteiger charge is 2.14. The number of halogens is 1. The van der Waals surface area contributed by atoms with E-state index in [1.54, 1.807) is 11.9 Å². The molecule has 0 fully saturated rings. The van der Waals surface area contributed by atoms with E-state index < -0.39 is 5.97 Å². The fourth-order valence-electron chi connectivity index (χ4n) is 1.72. The van der Waals surface area contributed by atoms with Crippen LogP contribution in [0.2, 0.25) is 0 Å². The number of para-hydroxylation sites is 2. The summed E-state index contributed by atoms with van der Waals surface area (Å²) in [5, 5.41) is 5.55. The normalized spacial score (nSPS) is 11.0. The Labute approximate surface area is 128 Å². The zero-order valence-corrected chi connectivity index (χ0v) is 12.3. The first kappa shape index (κ1) is 15.1. The Morgan fingerprint density at radius 1 is 1.05 bits per heavy atom. The number of hydrazone groups is 1. The number of anilines is 2. The van der Waals surface area contributed by atoms with Crippen LogP contribution in [0.15, 0.2) is 65.8 Å². The maximum Gasteiger partial charge on any atom is 0.370 e. The Balaban J connectivity index is 2.38. The van der Waals surface area contributed by atoms with E-state index in [1.165, 1.54) is 0 Å². The molecule has 0 aromatic heterocycles. The van der Waals surface area contributed by atoms with Crippen molar-refractivity contribution in [2.75, 3.05) is 11.6 Å². The van der Waals surface area contributed by atoms with Crippen LogP contribution in [-0.4, -0.2) is 17.7 Å². The van der Waals surface area contributed by atoms with Gasteiger partial charge in [-0.25, -0.2) is 9.80 Å². The molecule has 0 aliphatic heterocycles. The van der Waals surface area contributed by atoms with Crippen LogP contribution in [0.25, 0.3) is 0 Å². The van der Waals surface area contributed by atoms with Gasteiger partial charge in [0.05, 0.1) is 18.0 Å². The third-order valence-corrected chi connectivity index (χ3v) is 2.86. The van der Waals surface area contributed by atoms with E-state index in [0.29, 0.717) is 0 Å². The van der Waals surface area contributed by atoms with Crippen LogP contribution in [0.1, 0.15) is 6.92 Å². The highest BCUT2D eigenvalue weighted by Crippen LogP contribution is 2.25.